The number of rotatable bonds is 10. The van der Waals surface area contributed by atoms with E-state index in [0.29, 0.717) is 0 Å². The topological polar surface area (TPSA) is 117 Å². The maximum Gasteiger partial charge on any atom is 0.303 e. The molecule has 180 valence electrons. The zero-order chi connectivity index (χ0) is 23.9. The van der Waals surface area contributed by atoms with Crippen molar-refractivity contribution in [2.75, 3.05) is 6.61 Å². The highest BCUT2D eigenvalue weighted by molar-refractivity contribution is 7.89. The molecule has 0 radical (unpaired) electrons. The van der Waals surface area contributed by atoms with Crippen LogP contribution >= 0.6 is 0 Å². The van der Waals surface area contributed by atoms with E-state index in [-0.39, 0.29) is 24.0 Å². The number of carbonyl (C=O) groups excluding carboxylic acids is 2. The summed E-state index contributed by atoms with van der Waals surface area (Å²) in [6.07, 6.45) is -1.14. The van der Waals surface area contributed by atoms with E-state index in [0.717, 1.165) is 18.4 Å². The fourth-order valence-electron chi connectivity index (χ4n) is 3.50. The lowest BCUT2D eigenvalue weighted by Gasteiger charge is -2.41. The van der Waals surface area contributed by atoms with Crippen molar-refractivity contribution in [3.8, 4) is 0 Å². The average Bonchev–Trinajstić information content (AvgIpc) is 2.72. The lowest BCUT2D eigenvalue weighted by Crippen LogP contribution is -2.59. The van der Waals surface area contributed by atoms with Crippen LogP contribution in [-0.2, 0) is 38.6 Å². The third kappa shape index (κ3) is 7.54. The van der Waals surface area contributed by atoms with Crippen LogP contribution in [0.15, 0.2) is 29.2 Å². The number of esters is 2. The lowest BCUT2D eigenvalue weighted by molar-refractivity contribution is -0.256. The molecule has 0 bridgehead atoms. The van der Waals surface area contributed by atoms with Crippen LogP contribution in [0.2, 0.25) is 0 Å². The van der Waals surface area contributed by atoms with Crippen molar-refractivity contribution in [3.05, 3.63) is 29.8 Å². The molecular weight excluding hydrogens is 438 g/mol. The van der Waals surface area contributed by atoms with Crippen molar-refractivity contribution >= 4 is 22.0 Å². The average molecular weight is 472 g/mol. The first-order chi connectivity index (χ1) is 15.1. The third-order valence-electron chi connectivity index (χ3n) is 5.18. The minimum absolute atomic E-state index is 0.0881. The highest BCUT2D eigenvalue weighted by Crippen LogP contribution is 2.27. The van der Waals surface area contributed by atoms with E-state index in [1.165, 1.54) is 26.0 Å². The van der Waals surface area contributed by atoms with Gasteiger partial charge in [0.1, 0.15) is 18.8 Å². The molecule has 1 heterocycles. The summed E-state index contributed by atoms with van der Waals surface area (Å²) in [5.74, 6) is -1.14. The molecule has 0 unspecified atom stereocenters. The molecule has 9 nitrogen and oxygen atoms in total. The number of sulfonamides is 1. The van der Waals surface area contributed by atoms with Gasteiger partial charge >= 0.3 is 11.9 Å². The molecule has 1 aromatic rings. The van der Waals surface area contributed by atoms with E-state index < -0.39 is 46.5 Å². The first-order valence-corrected chi connectivity index (χ1v) is 12.2. The van der Waals surface area contributed by atoms with Crippen LogP contribution in [0.4, 0.5) is 0 Å². The van der Waals surface area contributed by atoms with Gasteiger partial charge in [-0.3, -0.25) is 9.59 Å². The van der Waals surface area contributed by atoms with Gasteiger partial charge in [0.05, 0.1) is 17.0 Å². The first kappa shape index (κ1) is 26.2. The van der Waals surface area contributed by atoms with Gasteiger partial charge in [-0.05, 0) is 31.9 Å². The minimum Gasteiger partial charge on any atom is -0.463 e. The van der Waals surface area contributed by atoms with Gasteiger partial charge in [-0.1, -0.05) is 31.5 Å². The Morgan fingerprint density at radius 2 is 1.75 bits per heavy atom. The quantitative estimate of drug-likeness (QED) is 0.517. The zero-order valence-electron chi connectivity index (χ0n) is 19.2. The van der Waals surface area contributed by atoms with Crippen LogP contribution in [0.3, 0.4) is 0 Å². The summed E-state index contributed by atoms with van der Waals surface area (Å²) in [7, 11) is -3.92. The second-order valence-electron chi connectivity index (χ2n) is 7.83. The Morgan fingerprint density at radius 3 is 2.28 bits per heavy atom. The first-order valence-electron chi connectivity index (χ1n) is 10.8. The Balaban J connectivity index is 2.33. The summed E-state index contributed by atoms with van der Waals surface area (Å²) in [5, 5.41) is 0. The molecule has 1 aliphatic heterocycles. The summed E-state index contributed by atoms with van der Waals surface area (Å²) in [5.41, 5.74) is 0.924. The second-order valence-corrected chi connectivity index (χ2v) is 9.55. The summed E-state index contributed by atoms with van der Waals surface area (Å²) in [6.45, 7) is 8.08. The van der Waals surface area contributed by atoms with Crippen molar-refractivity contribution in [2.24, 2.45) is 0 Å². The van der Waals surface area contributed by atoms with Crippen LogP contribution in [0, 0.1) is 6.92 Å². The van der Waals surface area contributed by atoms with E-state index >= 15 is 0 Å². The van der Waals surface area contributed by atoms with E-state index in [2.05, 4.69) is 4.72 Å². The summed E-state index contributed by atoms with van der Waals surface area (Å²) in [6, 6.07) is 5.56. The van der Waals surface area contributed by atoms with Gasteiger partial charge in [0.15, 0.2) is 6.29 Å². The number of ether oxygens (including phenoxy) is 4. The SMILES string of the molecule is CCC(CC)O[C@@H]1C[C@H](NS(=O)(=O)c2ccc(C)cc2)[C@H](OC(C)=O)[C@@H](COC(C)=O)O1. The molecule has 0 aromatic heterocycles. The van der Waals surface area contributed by atoms with Crippen molar-refractivity contribution < 1.29 is 37.0 Å². The minimum atomic E-state index is -3.92. The molecule has 1 fully saturated rings. The Hall–Kier alpha value is -2.01. The van der Waals surface area contributed by atoms with Gasteiger partial charge < -0.3 is 18.9 Å². The van der Waals surface area contributed by atoms with Crippen LogP contribution in [0.25, 0.3) is 0 Å². The molecule has 1 N–H and O–H groups in total. The fraction of sp³-hybridized carbons (Fsp3) is 0.636. The maximum absolute atomic E-state index is 13.0. The van der Waals surface area contributed by atoms with E-state index in [1.54, 1.807) is 12.1 Å². The predicted octanol–water partition coefficient (Wildman–Crippen LogP) is 2.46. The smallest absolute Gasteiger partial charge is 0.303 e. The van der Waals surface area contributed by atoms with E-state index in [1.807, 2.05) is 20.8 Å². The Kier molecular flexibility index (Phi) is 9.63. The summed E-state index contributed by atoms with van der Waals surface area (Å²) >= 11 is 0. The fourth-order valence-corrected chi connectivity index (χ4v) is 4.75. The second kappa shape index (κ2) is 11.7. The highest BCUT2D eigenvalue weighted by atomic mass is 32.2. The van der Waals surface area contributed by atoms with Crippen LogP contribution in [-0.4, -0.2) is 57.6 Å². The number of benzene rings is 1. The van der Waals surface area contributed by atoms with Crippen LogP contribution in [0.5, 0.6) is 0 Å². The molecule has 1 aliphatic rings. The molecule has 32 heavy (non-hydrogen) atoms. The normalized spacial score (nSPS) is 23.7. The number of hydrogen-bond donors (Lipinski definition) is 1. The lowest BCUT2D eigenvalue weighted by atomic mass is 9.99. The maximum atomic E-state index is 13.0. The number of nitrogens with one attached hydrogen (secondary N) is 1. The number of hydrogen-bond acceptors (Lipinski definition) is 8. The monoisotopic (exact) mass is 471 g/mol. The van der Waals surface area contributed by atoms with E-state index in [9.17, 15) is 18.0 Å². The van der Waals surface area contributed by atoms with Crippen molar-refractivity contribution in [3.63, 3.8) is 0 Å². The van der Waals surface area contributed by atoms with Crippen LogP contribution < -0.4 is 4.72 Å². The molecule has 0 spiro atoms. The molecule has 2 rings (SSSR count). The third-order valence-corrected chi connectivity index (χ3v) is 6.69. The predicted molar refractivity (Wildman–Crippen MR) is 116 cm³/mol. The molecule has 0 amide bonds. The molecule has 0 saturated carbocycles. The van der Waals surface area contributed by atoms with Gasteiger partial charge in [0.2, 0.25) is 10.0 Å². The molecule has 0 aliphatic carbocycles. The Morgan fingerprint density at radius 1 is 1.12 bits per heavy atom. The van der Waals surface area contributed by atoms with Crippen molar-refractivity contribution in [1.29, 1.82) is 0 Å². The molecular formula is C22H33NO8S. The van der Waals surface area contributed by atoms with Crippen LogP contribution in [0.1, 0.15) is 52.5 Å². The Labute approximate surface area is 189 Å². The Bertz CT molecular complexity index is 866. The largest absolute Gasteiger partial charge is 0.463 e. The number of aryl methyl sites for hydroxylation is 1. The summed E-state index contributed by atoms with van der Waals surface area (Å²) in [4.78, 5) is 23.2. The molecule has 1 saturated heterocycles. The van der Waals surface area contributed by atoms with Crippen molar-refractivity contribution in [2.45, 2.75) is 89.4 Å². The molecule has 4 atom stereocenters. The zero-order valence-corrected chi connectivity index (χ0v) is 20.0. The number of carbonyl (C=O) groups is 2. The van der Waals surface area contributed by atoms with E-state index in [4.69, 9.17) is 18.9 Å². The highest BCUT2D eigenvalue weighted by Gasteiger charge is 2.44. The van der Waals surface area contributed by atoms with Gasteiger partial charge in [-0.25, -0.2) is 13.1 Å². The van der Waals surface area contributed by atoms with Gasteiger partial charge in [0, 0.05) is 20.3 Å². The van der Waals surface area contributed by atoms with Gasteiger partial charge in [0.25, 0.3) is 0 Å². The standard InChI is InChI=1S/C22H33NO8S/c1-6-17(7-2)30-21-12-19(23-32(26,27)18-10-8-14(3)9-11-18)22(29-16(5)25)20(31-21)13-28-15(4)24/h8-11,17,19-23H,6-7,12-13H2,1-5H3/t19-,20+,21-,22-/m0/s1. The molecule has 10 heteroatoms. The van der Waals surface area contributed by atoms with Crippen molar-refractivity contribution in [1.82, 2.24) is 4.72 Å². The van der Waals surface area contributed by atoms with Gasteiger partial charge in [-0.15, -0.1) is 0 Å². The molecule has 1 aromatic carbocycles. The summed E-state index contributed by atoms with van der Waals surface area (Å²) < 4.78 is 51.2. The van der Waals surface area contributed by atoms with Gasteiger partial charge in [-0.2, -0.15) is 0 Å².